The van der Waals surface area contributed by atoms with Crippen molar-refractivity contribution in [3.05, 3.63) is 46.5 Å². The monoisotopic (exact) mass is 244 g/mol. The molecule has 4 nitrogen and oxygen atoms in total. The van der Waals surface area contributed by atoms with Gasteiger partial charge >= 0.3 is 0 Å². The molecule has 0 atom stereocenters. The van der Waals surface area contributed by atoms with Gasteiger partial charge in [-0.3, -0.25) is 5.10 Å². The third kappa shape index (κ3) is 2.19. The molecule has 1 N–H and O–H groups in total. The van der Waals surface area contributed by atoms with Gasteiger partial charge in [0, 0.05) is 5.92 Å². The summed E-state index contributed by atoms with van der Waals surface area (Å²) < 4.78 is 2.28. The quantitative estimate of drug-likeness (QED) is 0.666. The minimum absolute atomic E-state index is 0.524. The Morgan fingerprint density at radius 1 is 1.35 bits per heavy atom. The average Bonchev–Trinajstić information content (AvgIpc) is 3.13. The van der Waals surface area contributed by atoms with Crippen molar-refractivity contribution < 1.29 is 0 Å². The second-order valence-corrected chi connectivity index (χ2v) is 4.51. The molecule has 1 aromatic carbocycles. The molecule has 1 heterocycles. The zero-order chi connectivity index (χ0) is 11.7. The minimum atomic E-state index is 0.524. The zero-order valence-electron chi connectivity index (χ0n) is 9.21. The number of aromatic amines is 1. The Labute approximate surface area is 104 Å². The second kappa shape index (κ2) is 4.25. The lowest BCUT2D eigenvalue weighted by atomic mass is 10.2. The van der Waals surface area contributed by atoms with E-state index in [1.54, 1.807) is 10.9 Å². The molecule has 2 aromatic rings. The van der Waals surface area contributed by atoms with E-state index in [0.29, 0.717) is 10.7 Å². The molecule has 0 bridgehead atoms. The third-order valence-corrected chi connectivity index (χ3v) is 3.00. The largest absolute Gasteiger partial charge is 0.250 e. The summed E-state index contributed by atoms with van der Waals surface area (Å²) >= 11 is 5.17. The van der Waals surface area contributed by atoms with Crippen LogP contribution in [0.1, 0.15) is 30.1 Å². The van der Waals surface area contributed by atoms with E-state index in [0.717, 1.165) is 11.4 Å². The van der Waals surface area contributed by atoms with Crippen molar-refractivity contribution in [2.75, 3.05) is 0 Å². The topological polar surface area (TPSA) is 46.0 Å². The van der Waals surface area contributed by atoms with E-state index in [-0.39, 0.29) is 0 Å². The summed E-state index contributed by atoms with van der Waals surface area (Å²) in [5, 5.41) is 11.4. The standard InChI is InChI=1S/C12H12N4S/c17-12-15-14-11(10-6-7-10)16(12)13-8-9-4-2-1-3-5-9/h1-5,8,10H,6-7H2,(H,15,17)/b13-8-. The van der Waals surface area contributed by atoms with Crippen LogP contribution in [0, 0.1) is 4.77 Å². The van der Waals surface area contributed by atoms with Gasteiger partial charge in [0.15, 0.2) is 5.82 Å². The summed E-state index contributed by atoms with van der Waals surface area (Å²) in [4.78, 5) is 0. The maximum Gasteiger partial charge on any atom is 0.216 e. The normalized spacial score (nSPS) is 15.5. The van der Waals surface area contributed by atoms with Crippen LogP contribution in [0.4, 0.5) is 0 Å². The highest BCUT2D eigenvalue weighted by Crippen LogP contribution is 2.38. The van der Waals surface area contributed by atoms with Gasteiger partial charge in [-0.1, -0.05) is 30.3 Å². The Kier molecular flexibility index (Phi) is 2.60. The van der Waals surface area contributed by atoms with Gasteiger partial charge in [0.2, 0.25) is 4.77 Å². The van der Waals surface area contributed by atoms with E-state index in [9.17, 15) is 0 Å². The summed E-state index contributed by atoms with van der Waals surface area (Å²) in [5.41, 5.74) is 1.05. The molecular weight excluding hydrogens is 232 g/mol. The lowest BCUT2D eigenvalue weighted by molar-refractivity contribution is 0.773. The van der Waals surface area contributed by atoms with Crippen molar-refractivity contribution in [3.8, 4) is 0 Å². The first-order chi connectivity index (χ1) is 8.34. The van der Waals surface area contributed by atoms with E-state index in [4.69, 9.17) is 12.2 Å². The van der Waals surface area contributed by atoms with Gasteiger partial charge in [-0.05, 0) is 30.6 Å². The Balaban J connectivity index is 1.92. The van der Waals surface area contributed by atoms with Gasteiger partial charge in [-0.2, -0.15) is 14.9 Å². The summed E-state index contributed by atoms with van der Waals surface area (Å²) in [6.07, 6.45) is 4.16. The van der Waals surface area contributed by atoms with E-state index < -0.39 is 0 Å². The maximum absolute atomic E-state index is 5.17. The van der Waals surface area contributed by atoms with Crippen LogP contribution in [0.2, 0.25) is 0 Å². The summed E-state index contributed by atoms with van der Waals surface area (Å²) in [6.45, 7) is 0. The second-order valence-electron chi connectivity index (χ2n) is 4.13. The molecule has 0 amide bonds. The van der Waals surface area contributed by atoms with E-state index >= 15 is 0 Å². The molecule has 0 radical (unpaired) electrons. The molecule has 1 aliphatic carbocycles. The molecule has 1 aliphatic rings. The van der Waals surface area contributed by atoms with Gasteiger partial charge in [0.05, 0.1) is 6.21 Å². The van der Waals surface area contributed by atoms with Crippen LogP contribution in [0.3, 0.4) is 0 Å². The molecular formula is C12H12N4S. The molecule has 0 aliphatic heterocycles. The van der Waals surface area contributed by atoms with Crippen LogP contribution < -0.4 is 0 Å². The number of hydrogen-bond donors (Lipinski definition) is 1. The Morgan fingerprint density at radius 2 is 2.12 bits per heavy atom. The molecule has 0 saturated heterocycles. The van der Waals surface area contributed by atoms with Gasteiger partial charge < -0.3 is 0 Å². The molecule has 3 rings (SSSR count). The molecule has 86 valence electrons. The fourth-order valence-corrected chi connectivity index (χ4v) is 1.87. The molecule has 5 heteroatoms. The van der Waals surface area contributed by atoms with Crippen molar-refractivity contribution in [1.82, 2.24) is 14.9 Å². The average molecular weight is 244 g/mol. The zero-order valence-corrected chi connectivity index (χ0v) is 10.0. The van der Waals surface area contributed by atoms with Crippen LogP contribution in [-0.2, 0) is 0 Å². The van der Waals surface area contributed by atoms with Crippen molar-refractivity contribution in [3.63, 3.8) is 0 Å². The molecule has 0 spiro atoms. The first kappa shape index (κ1) is 10.4. The maximum atomic E-state index is 5.17. The Hall–Kier alpha value is -1.75. The Bertz CT molecular complexity index is 592. The Morgan fingerprint density at radius 3 is 2.82 bits per heavy atom. The fraction of sp³-hybridized carbons (Fsp3) is 0.250. The van der Waals surface area contributed by atoms with Crippen molar-refractivity contribution in [2.45, 2.75) is 18.8 Å². The number of hydrogen-bond acceptors (Lipinski definition) is 3. The van der Waals surface area contributed by atoms with Crippen LogP contribution in [0.15, 0.2) is 35.4 Å². The first-order valence-electron chi connectivity index (χ1n) is 5.61. The predicted molar refractivity (Wildman–Crippen MR) is 68.8 cm³/mol. The first-order valence-corrected chi connectivity index (χ1v) is 6.02. The van der Waals surface area contributed by atoms with Crippen molar-refractivity contribution in [2.24, 2.45) is 5.10 Å². The lowest BCUT2D eigenvalue weighted by Gasteiger charge is -1.97. The number of H-pyrrole nitrogens is 1. The fourth-order valence-electron chi connectivity index (χ4n) is 1.68. The predicted octanol–water partition coefficient (Wildman–Crippen LogP) is 2.70. The highest BCUT2D eigenvalue weighted by Gasteiger charge is 2.29. The van der Waals surface area contributed by atoms with Gasteiger partial charge in [-0.25, -0.2) is 0 Å². The van der Waals surface area contributed by atoms with Crippen molar-refractivity contribution >= 4 is 18.4 Å². The van der Waals surface area contributed by atoms with E-state index in [2.05, 4.69) is 15.3 Å². The number of aromatic nitrogens is 3. The molecule has 0 unspecified atom stereocenters. The van der Waals surface area contributed by atoms with Crippen LogP contribution in [-0.4, -0.2) is 21.1 Å². The van der Waals surface area contributed by atoms with Crippen molar-refractivity contribution in [1.29, 1.82) is 0 Å². The van der Waals surface area contributed by atoms with Gasteiger partial charge in [0.1, 0.15) is 0 Å². The smallest absolute Gasteiger partial charge is 0.216 e. The lowest BCUT2D eigenvalue weighted by Crippen LogP contribution is -1.97. The minimum Gasteiger partial charge on any atom is -0.250 e. The van der Waals surface area contributed by atoms with E-state index in [1.165, 1.54) is 12.8 Å². The number of nitrogens with zero attached hydrogens (tertiary/aromatic N) is 3. The SMILES string of the molecule is S=c1[nH]nc(C2CC2)n1/N=C\c1ccccc1. The van der Waals surface area contributed by atoms with Crippen LogP contribution in [0.5, 0.6) is 0 Å². The number of nitrogens with one attached hydrogen (secondary N) is 1. The summed E-state index contributed by atoms with van der Waals surface area (Å²) in [5.74, 6) is 1.47. The highest BCUT2D eigenvalue weighted by molar-refractivity contribution is 7.71. The molecule has 1 fully saturated rings. The third-order valence-electron chi connectivity index (χ3n) is 2.74. The number of rotatable bonds is 3. The van der Waals surface area contributed by atoms with Gasteiger partial charge in [-0.15, -0.1) is 0 Å². The highest BCUT2D eigenvalue weighted by atomic mass is 32.1. The van der Waals surface area contributed by atoms with Crippen LogP contribution >= 0.6 is 12.2 Å². The van der Waals surface area contributed by atoms with Gasteiger partial charge in [0.25, 0.3) is 0 Å². The summed E-state index contributed by atoms with van der Waals surface area (Å²) in [6, 6.07) is 9.96. The summed E-state index contributed by atoms with van der Waals surface area (Å²) in [7, 11) is 0. The molecule has 17 heavy (non-hydrogen) atoms. The molecule has 1 saturated carbocycles. The van der Waals surface area contributed by atoms with Crippen LogP contribution in [0.25, 0.3) is 0 Å². The van der Waals surface area contributed by atoms with E-state index in [1.807, 2.05) is 30.3 Å². The number of benzene rings is 1. The molecule has 1 aromatic heterocycles.